The molecule has 0 saturated heterocycles. The summed E-state index contributed by atoms with van der Waals surface area (Å²) in [6, 6.07) is 25.4. The van der Waals surface area contributed by atoms with Crippen LogP contribution in [0.4, 0.5) is 0 Å². The van der Waals surface area contributed by atoms with Gasteiger partial charge in [-0.15, -0.1) is 0 Å². The van der Waals surface area contributed by atoms with Crippen LogP contribution in [0.2, 0.25) is 0 Å². The van der Waals surface area contributed by atoms with Gasteiger partial charge < -0.3 is 0 Å². The number of para-hydroxylation sites is 1. The summed E-state index contributed by atoms with van der Waals surface area (Å²) < 4.78 is 2.11. The molecule has 1 aromatic heterocycles. The van der Waals surface area contributed by atoms with E-state index in [0.717, 1.165) is 10.9 Å². The summed E-state index contributed by atoms with van der Waals surface area (Å²) in [5.41, 5.74) is 1.85. The van der Waals surface area contributed by atoms with Gasteiger partial charge in [0.15, 0.2) is 0 Å². The number of benzene rings is 3. The molecule has 4 rings (SSSR count). The smallest absolute Gasteiger partial charge is 0.267 e. The lowest BCUT2D eigenvalue weighted by atomic mass is 10.2. The van der Waals surface area contributed by atoms with Crippen molar-refractivity contribution in [3.8, 4) is 0 Å². The molecule has 0 N–H and O–H groups in total. The average molecular weight is 358 g/mol. The fourth-order valence-electron chi connectivity index (χ4n) is 2.68. The highest BCUT2D eigenvalue weighted by atomic mass is 32.1. The van der Waals surface area contributed by atoms with Crippen molar-refractivity contribution < 1.29 is 9.59 Å². The lowest BCUT2D eigenvalue weighted by Gasteiger charge is -2.02. The summed E-state index contributed by atoms with van der Waals surface area (Å²) in [7, 11) is 0. The highest BCUT2D eigenvalue weighted by Crippen LogP contribution is 2.17. The van der Waals surface area contributed by atoms with Gasteiger partial charge in [-0.05, 0) is 47.9 Å². The zero-order chi connectivity index (χ0) is 17.9. The van der Waals surface area contributed by atoms with E-state index in [4.69, 9.17) is 0 Å². The third kappa shape index (κ3) is 3.00. The largest absolute Gasteiger partial charge is 0.278 e. The van der Waals surface area contributed by atoms with E-state index in [9.17, 15) is 9.59 Å². The van der Waals surface area contributed by atoms with Crippen LogP contribution < -0.4 is 4.67 Å². The van der Waals surface area contributed by atoms with Crippen LogP contribution >= 0.6 is 11.5 Å². The Hall–Kier alpha value is -3.31. The van der Waals surface area contributed by atoms with Crippen LogP contribution in [0.15, 0.2) is 89.9 Å². The van der Waals surface area contributed by atoms with Crippen molar-refractivity contribution in [2.45, 2.75) is 0 Å². The normalized spacial score (nSPS) is 11.6. The fraction of sp³-hybridized carbons (Fsp3) is 0. The molecule has 126 valence electrons. The van der Waals surface area contributed by atoms with Gasteiger partial charge in [-0.2, -0.15) is 4.99 Å². The predicted octanol–water partition coefficient (Wildman–Crippen LogP) is 4.13. The average Bonchev–Trinajstić information content (AvgIpc) is 3.07. The Bertz CT molecular complexity index is 1160. The van der Waals surface area contributed by atoms with Gasteiger partial charge in [0, 0.05) is 16.5 Å². The minimum atomic E-state index is -0.322. The number of carbonyl (C=O) groups excluding carboxylic acids is 2. The molecular weight excluding hydrogens is 344 g/mol. The van der Waals surface area contributed by atoms with E-state index in [2.05, 4.69) is 4.99 Å². The van der Waals surface area contributed by atoms with Crippen LogP contribution in [0.5, 0.6) is 0 Å². The number of nitrogens with zero attached hydrogens (tertiary/aromatic N) is 2. The lowest BCUT2D eigenvalue weighted by molar-refractivity contribution is 0.0972. The van der Waals surface area contributed by atoms with E-state index in [1.54, 1.807) is 40.4 Å². The molecule has 26 heavy (non-hydrogen) atoms. The summed E-state index contributed by atoms with van der Waals surface area (Å²) in [5, 5.41) is 0.783. The van der Waals surface area contributed by atoms with Gasteiger partial charge in [0.2, 0.25) is 0 Å². The molecule has 3 aromatic carbocycles. The van der Waals surface area contributed by atoms with Gasteiger partial charge in [0.05, 0.1) is 5.52 Å². The quantitative estimate of drug-likeness (QED) is 0.541. The van der Waals surface area contributed by atoms with Crippen molar-refractivity contribution in [2.24, 2.45) is 4.99 Å². The maximum Gasteiger partial charge on any atom is 0.278 e. The number of aromatic nitrogens is 1. The van der Waals surface area contributed by atoms with Crippen molar-refractivity contribution >= 4 is 34.2 Å². The molecule has 1 heterocycles. The number of carbonyl (C=O) groups is 2. The second kappa shape index (κ2) is 6.90. The SMILES string of the molecule is O=C(N=c1sn(C(=O)c2ccccc2)c2ccccc12)c1ccccc1. The third-order valence-corrected chi connectivity index (χ3v) is 4.99. The Kier molecular flexibility index (Phi) is 4.29. The molecule has 0 bridgehead atoms. The van der Waals surface area contributed by atoms with Gasteiger partial charge in [0.25, 0.3) is 11.8 Å². The molecule has 0 saturated carbocycles. The van der Waals surface area contributed by atoms with Gasteiger partial charge in [-0.1, -0.05) is 48.5 Å². The molecule has 0 fully saturated rings. The molecule has 1 amide bonds. The Balaban J connectivity index is 1.86. The maximum absolute atomic E-state index is 12.9. The molecule has 0 atom stereocenters. The van der Waals surface area contributed by atoms with Crippen molar-refractivity contribution in [2.75, 3.05) is 0 Å². The Morgan fingerprint density at radius 1 is 0.731 bits per heavy atom. The van der Waals surface area contributed by atoms with E-state index in [1.165, 1.54) is 11.5 Å². The second-order valence-electron chi connectivity index (χ2n) is 5.66. The summed E-state index contributed by atoms with van der Waals surface area (Å²) >= 11 is 1.18. The van der Waals surface area contributed by atoms with Gasteiger partial charge in [-0.25, -0.2) is 3.96 Å². The van der Waals surface area contributed by atoms with Gasteiger partial charge in [0.1, 0.15) is 4.67 Å². The topological polar surface area (TPSA) is 51.4 Å². The fourth-order valence-corrected chi connectivity index (χ4v) is 3.70. The highest BCUT2D eigenvalue weighted by molar-refractivity contribution is 7.06. The monoisotopic (exact) mass is 358 g/mol. The number of amides is 1. The first-order valence-electron chi connectivity index (χ1n) is 8.09. The molecular formula is C21H14N2O2S. The molecule has 0 spiro atoms. The van der Waals surface area contributed by atoms with Gasteiger partial charge in [-0.3, -0.25) is 9.59 Å². The van der Waals surface area contributed by atoms with Crippen LogP contribution in [-0.2, 0) is 0 Å². The first-order valence-corrected chi connectivity index (χ1v) is 8.86. The number of hydrogen-bond donors (Lipinski definition) is 0. The summed E-state index contributed by atoms with van der Waals surface area (Å²) in [5.74, 6) is -0.461. The molecule has 4 aromatic rings. The van der Waals surface area contributed by atoms with E-state index in [1.807, 2.05) is 48.5 Å². The molecule has 0 aliphatic rings. The van der Waals surface area contributed by atoms with Crippen molar-refractivity contribution in [1.29, 1.82) is 0 Å². The van der Waals surface area contributed by atoms with E-state index in [-0.39, 0.29) is 11.8 Å². The molecule has 0 radical (unpaired) electrons. The van der Waals surface area contributed by atoms with Crippen LogP contribution in [0.3, 0.4) is 0 Å². The first kappa shape index (κ1) is 16.2. The third-order valence-electron chi connectivity index (χ3n) is 3.96. The van der Waals surface area contributed by atoms with Crippen LogP contribution in [0.1, 0.15) is 20.7 Å². The van der Waals surface area contributed by atoms with E-state index >= 15 is 0 Å². The highest BCUT2D eigenvalue weighted by Gasteiger charge is 2.15. The summed E-state index contributed by atoms with van der Waals surface area (Å²) in [6.07, 6.45) is 0. The van der Waals surface area contributed by atoms with Crippen LogP contribution in [0, 0.1) is 0 Å². The lowest BCUT2D eigenvalue weighted by Crippen LogP contribution is -2.09. The summed E-state index contributed by atoms with van der Waals surface area (Å²) in [6.45, 7) is 0. The molecule has 0 unspecified atom stereocenters. The standard InChI is InChI=1S/C21H14N2O2S/c24-19(15-9-3-1-4-10-15)22-20-17-13-7-8-14-18(17)23(26-20)21(25)16-11-5-2-6-12-16/h1-14H. The number of fused-ring (bicyclic) bond motifs is 1. The van der Waals surface area contributed by atoms with Crippen molar-refractivity contribution in [3.63, 3.8) is 0 Å². The molecule has 4 nitrogen and oxygen atoms in total. The zero-order valence-corrected chi connectivity index (χ0v) is 14.5. The maximum atomic E-state index is 12.9. The predicted molar refractivity (Wildman–Crippen MR) is 102 cm³/mol. The molecule has 0 aliphatic carbocycles. The molecule has 0 aliphatic heterocycles. The minimum absolute atomic E-state index is 0.139. The minimum Gasteiger partial charge on any atom is -0.267 e. The number of hydrogen-bond acceptors (Lipinski definition) is 3. The Labute approximate surface area is 153 Å². The first-order chi connectivity index (χ1) is 12.7. The van der Waals surface area contributed by atoms with E-state index < -0.39 is 0 Å². The molecule has 5 heteroatoms. The van der Waals surface area contributed by atoms with Crippen LogP contribution in [-0.4, -0.2) is 15.8 Å². The second-order valence-corrected chi connectivity index (χ2v) is 6.60. The Morgan fingerprint density at radius 2 is 1.31 bits per heavy atom. The summed E-state index contributed by atoms with van der Waals surface area (Å²) in [4.78, 5) is 29.6. The van der Waals surface area contributed by atoms with Gasteiger partial charge >= 0.3 is 0 Å². The van der Waals surface area contributed by atoms with Crippen molar-refractivity contribution in [3.05, 3.63) is 101 Å². The zero-order valence-electron chi connectivity index (χ0n) is 13.7. The van der Waals surface area contributed by atoms with E-state index in [0.29, 0.717) is 15.8 Å². The Morgan fingerprint density at radius 3 is 2.00 bits per heavy atom. The van der Waals surface area contributed by atoms with Crippen LogP contribution in [0.25, 0.3) is 10.9 Å². The van der Waals surface area contributed by atoms with Crippen molar-refractivity contribution in [1.82, 2.24) is 3.96 Å². The number of rotatable bonds is 2.